The van der Waals surface area contributed by atoms with Gasteiger partial charge in [-0.05, 0) is 6.07 Å². The maximum atomic E-state index is 13.0. The van der Waals surface area contributed by atoms with Crippen LogP contribution in [0.25, 0.3) is 0 Å². The Labute approximate surface area is 73.7 Å². The van der Waals surface area contributed by atoms with Crippen molar-refractivity contribution in [2.45, 2.75) is 0 Å². The quantitative estimate of drug-likeness (QED) is 0.503. The average Bonchev–Trinajstić information content (AvgIpc) is 2.10. The van der Waals surface area contributed by atoms with E-state index in [9.17, 15) is 9.18 Å². The summed E-state index contributed by atoms with van der Waals surface area (Å²) in [4.78, 5) is 10.9. The molecule has 0 bridgehead atoms. The molecule has 0 saturated heterocycles. The summed E-state index contributed by atoms with van der Waals surface area (Å²) in [6.07, 6.45) is 0. The molecule has 1 aromatic carbocycles. The first-order valence-corrected chi connectivity index (χ1v) is 3.42. The fourth-order valence-electron chi connectivity index (χ4n) is 0.889. The van der Waals surface area contributed by atoms with Crippen molar-refractivity contribution in [3.63, 3.8) is 0 Å². The number of nitrogens with two attached hydrogens (primary N) is 1. The zero-order valence-electron chi connectivity index (χ0n) is 6.87. The minimum absolute atomic E-state index is 0.0966. The van der Waals surface area contributed by atoms with Crippen LogP contribution < -0.4 is 5.73 Å². The fraction of sp³-hybridized carbons (Fsp3) is 0.125. The van der Waals surface area contributed by atoms with Crippen LogP contribution in [0.3, 0.4) is 0 Å². The predicted molar refractivity (Wildman–Crippen MR) is 43.8 cm³/mol. The van der Waals surface area contributed by atoms with Crippen LogP contribution in [-0.4, -0.2) is 18.2 Å². The van der Waals surface area contributed by atoms with E-state index in [4.69, 9.17) is 10.8 Å². The Kier molecular flexibility index (Phi) is 2.36. The number of aromatic hydroxyl groups is 1. The molecule has 70 valence electrons. The van der Waals surface area contributed by atoms with E-state index in [0.29, 0.717) is 0 Å². The van der Waals surface area contributed by atoms with Crippen molar-refractivity contribution in [3.05, 3.63) is 23.5 Å². The molecule has 1 rings (SSSR count). The number of anilines is 1. The summed E-state index contributed by atoms with van der Waals surface area (Å²) in [5.41, 5.74) is 5.01. The summed E-state index contributed by atoms with van der Waals surface area (Å²) in [5.74, 6) is -2.57. The van der Waals surface area contributed by atoms with Gasteiger partial charge in [-0.2, -0.15) is 0 Å². The molecule has 0 aliphatic heterocycles. The SMILES string of the molecule is COC(=O)c1cc(N)cc(O)c1F. The van der Waals surface area contributed by atoms with Crippen LogP contribution in [0.15, 0.2) is 12.1 Å². The maximum Gasteiger partial charge on any atom is 0.341 e. The number of hydrogen-bond acceptors (Lipinski definition) is 4. The van der Waals surface area contributed by atoms with Crippen molar-refractivity contribution in [1.29, 1.82) is 0 Å². The van der Waals surface area contributed by atoms with Gasteiger partial charge in [0.15, 0.2) is 11.6 Å². The number of esters is 1. The van der Waals surface area contributed by atoms with E-state index in [2.05, 4.69) is 4.74 Å². The molecule has 0 heterocycles. The summed E-state index contributed by atoms with van der Waals surface area (Å²) < 4.78 is 17.3. The number of halogens is 1. The van der Waals surface area contributed by atoms with E-state index < -0.39 is 17.5 Å². The summed E-state index contributed by atoms with van der Waals surface area (Å²) in [6.45, 7) is 0. The predicted octanol–water partition coefficient (Wildman–Crippen LogP) is 0.900. The van der Waals surface area contributed by atoms with Gasteiger partial charge in [-0.3, -0.25) is 0 Å². The van der Waals surface area contributed by atoms with Crippen LogP contribution in [0.1, 0.15) is 10.4 Å². The first kappa shape index (κ1) is 9.31. The Hall–Kier alpha value is -1.78. The van der Waals surface area contributed by atoms with Crippen molar-refractivity contribution >= 4 is 11.7 Å². The summed E-state index contributed by atoms with van der Waals surface area (Å²) in [7, 11) is 1.11. The number of methoxy groups -OCH3 is 1. The molecule has 4 nitrogen and oxygen atoms in total. The highest BCUT2D eigenvalue weighted by Gasteiger charge is 2.16. The lowest BCUT2D eigenvalue weighted by Crippen LogP contribution is -2.05. The zero-order chi connectivity index (χ0) is 10.0. The Morgan fingerprint density at radius 1 is 1.62 bits per heavy atom. The van der Waals surface area contributed by atoms with Crippen LogP contribution in [-0.2, 0) is 4.74 Å². The van der Waals surface area contributed by atoms with E-state index in [1.807, 2.05) is 0 Å². The molecule has 0 fully saturated rings. The number of ether oxygens (including phenoxy) is 1. The molecule has 0 unspecified atom stereocenters. The van der Waals surface area contributed by atoms with Crippen LogP contribution in [0, 0.1) is 5.82 Å². The first-order chi connectivity index (χ1) is 6.06. The highest BCUT2D eigenvalue weighted by Crippen LogP contribution is 2.23. The second-order valence-corrected chi connectivity index (χ2v) is 2.39. The number of carbonyl (C=O) groups excluding carboxylic acids is 1. The topological polar surface area (TPSA) is 72.5 Å². The second kappa shape index (κ2) is 3.30. The molecular formula is C8H8FNO3. The summed E-state index contributed by atoms with van der Waals surface area (Å²) >= 11 is 0. The van der Waals surface area contributed by atoms with Gasteiger partial charge in [-0.25, -0.2) is 9.18 Å². The number of hydrogen-bond donors (Lipinski definition) is 2. The lowest BCUT2D eigenvalue weighted by molar-refractivity contribution is 0.0594. The molecule has 0 saturated carbocycles. The lowest BCUT2D eigenvalue weighted by Gasteiger charge is -2.03. The van der Waals surface area contributed by atoms with E-state index in [0.717, 1.165) is 19.2 Å². The number of phenols is 1. The number of benzene rings is 1. The van der Waals surface area contributed by atoms with Crippen LogP contribution in [0.2, 0.25) is 0 Å². The smallest absolute Gasteiger partial charge is 0.341 e. The highest BCUT2D eigenvalue weighted by atomic mass is 19.1. The Bertz CT molecular complexity index is 351. The van der Waals surface area contributed by atoms with E-state index in [1.165, 1.54) is 0 Å². The molecule has 0 aliphatic rings. The monoisotopic (exact) mass is 185 g/mol. The Morgan fingerprint density at radius 2 is 2.23 bits per heavy atom. The molecule has 1 aromatic rings. The maximum absolute atomic E-state index is 13.0. The average molecular weight is 185 g/mol. The number of nitrogen functional groups attached to an aromatic ring is 1. The summed E-state index contributed by atoms with van der Waals surface area (Å²) in [6, 6.07) is 2.11. The van der Waals surface area contributed by atoms with Crippen molar-refractivity contribution in [2.24, 2.45) is 0 Å². The van der Waals surface area contributed by atoms with Gasteiger partial charge in [0.1, 0.15) is 5.56 Å². The van der Waals surface area contributed by atoms with Gasteiger partial charge in [-0.15, -0.1) is 0 Å². The third-order valence-electron chi connectivity index (χ3n) is 1.48. The van der Waals surface area contributed by atoms with Gasteiger partial charge in [0.25, 0.3) is 0 Å². The Balaban J connectivity index is 3.28. The van der Waals surface area contributed by atoms with Crippen LogP contribution >= 0.6 is 0 Å². The molecule has 5 heteroatoms. The molecule has 0 spiro atoms. The molecule has 0 amide bonds. The molecule has 13 heavy (non-hydrogen) atoms. The molecular weight excluding hydrogens is 177 g/mol. The third-order valence-corrected chi connectivity index (χ3v) is 1.48. The first-order valence-electron chi connectivity index (χ1n) is 3.42. The van der Waals surface area contributed by atoms with Gasteiger partial charge in [0, 0.05) is 11.8 Å². The zero-order valence-corrected chi connectivity index (χ0v) is 6.87. The van der Waals surface area contributed by atoms with Crippen molar-refractivity contribution < 1.29 is 19.0 Å². The minimum Gasteiger partial charge on any atom is -0.505 e. The Morgan fingerprint density at radius 3 is 2.77 bits per heavy atom. The normalized spacial score (nSPS) is 9.69. The molecule has 0 radical (unpaired) electrons. The van der Waals surface area contributed by atoms with Crippen molar-refractivity contribution in [3.8, 4) is 5.75 Å². The van der Waals surface area contributed by atoms with Crippen molar-refractivity contribution in [2.75, 3.05) is 12.8 Å². The highest BCUT2D eigenvalue weighted by molar-refractivity contribution is 5.91. The standard InChI is InChI=1S/C8H8FNO3/c1-13-8(12)5-2-4(10)3-6(11)7(5)9/h2-3,11H,10H2,1H3. The third kappa shape index (κ3) is 1.69. The summed E-state index contributed by atoms with van der Waals surface area (Å²) in [5, 5.41) is 8.96. The van der Waals surface area contributed by atoms with Gasteiger partial charge in [0.05, 0.1) is 7.11 Å². The fourth-order valence-corrected chi connectivity index (χ4v) is 0.889. The molecule has 0 atom stereocenters. The minimum atomic E-state index is -1.03. The van der Waals surface area contributed by atoms with Gasteiger partial charge < -0.3 is 15.6 Å². The number of phenolic OH excluding ortho intramolecular Hbond substituents is 1. The van der Waals surface area contributed by atoms with E-state index in [-0.39, 0.29) is 11.3 Å². The van der Waals surface area contributed by atoms with Crippen LogP contribution in [0.5, 0.6) is 5.75 Å². The van der Waals surface area contributed by atoms with Crippen molar-refractivity contribution in [1.82, 2.24) is 0 Å². The van der Waals surface area contributed by atoms with Crippen LogP contribution in [0.4, 0.5) is 10.1 Å². The van der Waals surface area contributed by atoms with Gasteiger partial charge >= 0.3 is 5.97 Å². The molecule has 0 aromatic heterocycles. The van der Waals surface area contributed by atoms with E-state index >= 15 is 0 Å². The lowest BCUT2D eigenvalue weighted by atomic mass is 10.2. The number of rotatable bonds is 1. The van der Waals surface area contributed by atoms with E-state index in [1.54, 1.807) is 0 Å². The second-order valence-electron chi connectivity index (χ2n) is 2.39. The van der Waals surface area contributed by atoms with Gasteiger partial charge in [-0.1, -0.05) is 0 Å². The molecule has 3 N–H and O–H groups in total. The largest absolute Gasteiger partial charge is 0.505 e. The number of carbonyl (C=O) groups is 1. The molecule has 0 aliphatic carbocycles. The van der Waals surface area contributed by atoms with Gasteiger partial charge in [0.2, 0.25) is 0 Å².